The van der Waals surface area contributed by atoms with Crippen LogP contribution in [0.1, 0.15) is 20.3 Å². The Bertz CT molecular complexity index is 795. The Balaban J connectivity index is 2.26. The molecule has 9 heteroatoms. The predicted octanol–water partition coefficient (Wildman–Crippen LogP) is 3.40. The van der Waals surface area contributed by atoms with Crippen LogP contribution in [0.2, 0.25) is 0 Å². The van der Waals surface area contributed by atoms with Gasteiger partial charge in [-0.25, -0.2) is 4.98 Å². The van der Waals surface area contributed by atoms with E-state index in [-0.39, 0.29) is 36.5 Å². The molecule has 0 saturated carbocycles. The number of nitrogens with zero attached hydrogens (tertiary/aromatic N) is 3. The lowest BCUT2D eigenvalue weighted by Gasteiger charge is -2.25. The summed E-state index contributed by atoms with van der Waals surface area (Å²) in [5, 5.41) is 0.0945. The van der Waals surface area contributed by atoms with E-state index in [1.165, 1.54) is 11.7 Å². The van der Waals surface area contributed by atoms with Gasteiger partial charge in [0.1, 0.15) is 6.54 Å². The van der Waals surface area contributed by atoms with Gasteiger partial charge in [-0.3, -0.25) is 9.59 Å². The van der Waals surface area contributed by atoms with E-state index >= 15 is 0 Å². The number of carbonyl (C=O) groups is 2. The second-order valence-corrected chi connectivity index (χ2v) is 7.36. The molecule has 0 radical (unpaired) electrons. The lowest BCUT2D eigenvalue weighted by atomic mass is 10.2. The van der Waals surface area contributed by atoms with Crippen molar-refractivity contribution in [1.82, 2.24) is 14.5 Å². The fourth-order valence-corrected chi connectivity index (χ4v) is 3.30. The van der Waals surface area contributed by atoms with E-state index in [1.54, 1.807) is 29.2 Å². The molecule has 0 spiro atoms. The number of ether oxygens (including phenoxy) is 1. The fourth-order valence-electron chi connectivity index (χ4n) is 2.70. The summed E-state index contributed by atoms with van der Waals surface area (Å²) in [4.78, 5) is 30.1. The number of rotatable bonds is 9. The minimum absolute atomic E-state index is 0.0816. The van der Waals surface area contributed by atoms with Gasteiger partial charge in [0.05, 0.1) is 24.6 Å². The minimum Gasteiger partial charge on any atom is -0.469 e. The van der Waals surface area contributed by atoms with Gasteiger partial charge >= 0.3 is 5.97 Å². The summed E-state index contributed by atoms with van der Waals surface area (Å²) in [7, 11) is 1.29. The summed E-state index contributed by atoms with van der Waals surface area (Å²) >= 11 is 0.314. The van der Waals surface area contributed by atoms with E-state index in [0.29, 0.717) is 29.3 Å². The second-order valence-electron chi connectivity index (χ2n) is 6.41. The van der Waals surface area contributed by atoms with Crippen LogP contribution in [-0.2, 0) is 20.9 Å². The van der Waals surface area contributed by atoms with Crippen molar-refractivity contribution < 1.29 is 23.1 Å². The van der Waals surface area contributed by atoms with Crippen molar-refractivity contribution in [3.05, 3.63) is 24.3 Å². The highest BCUT2D eigenvalue weighted by atomic mass is 32.2. The molecule has 1 aromatic heterocycles. The molecular formula is C18H23F2N3O3S. The number of imidazole rings is 1. The van der Waals surface area contributed by atoms with Crippen LogP contribution in [0.25, 0.3) is 11.0 Å². The van der Waals surface area contributed by atoms with E-state index in [0.717, 1.165) is 0 Å². The molecule has 0 bridgehead atoms. The van der Waals surface area contributed by atoms with Crippen LogP contribution >= 0.6 is 11.8 Å². The van der Waals surface area contributed by atoms with Crippen molar-refractivity contribution in [3.63, 3.8) is 0 Å². The summed E-state index contributed by atoms with van der Waals surface area (Å²) in [5.41, 5.74) is 1.17. The van der Waals surface area contributed by atoms with E-state index in [2.05, 4.69) is 9.72 Å². The zero-order valence-electron chi connectivity index (χ0n) is 15.5. The number of hydrogen-bond donors (Lipinski definition) is 0. The molecule has 0 fully saturated rings. The van der Waals surface area contributed by atoms with Crippen LogP contribution in [0, 0.1) is 5.92 Å². The Morgan fingerprint density at radius 2 is 2.00 bits per heavy atom. The molecule has 0 N–H and O–H groups in total. The van der Waals surface area contributed by atoms with Crippen molar-refractivity contribution in [1.29, 1.82) is 0 Å². The highest BCUT2D eigenvalue weighted by molar-refractivity contribution is 7.99. The molecule has 148 valence electrons. The zero-order chi connectivity index (χ0) is 20.0. The summed E-state index contributed by atoms with van der Waals surface area (Å²) in [6, 6.07) is 6.99. The van der Waals surface area contributed by atoms with Crippen LogP contribution in [0.3, 0.4) is 0 Å². The van der Waals surface area contributed by atoms with Gasteiger partial charge < -0.3 is 14.2 Å². The first-order valence-corrected chi connectivity index (χ1v) is 9.44. The Morgan fingerprint density at radius 1 is 1.30 bits per heavy atom. The molecule has 0 atom stereocenters. The second kappa shape index (κ2) is 9.68. The first-order valence-electron chi connectivity index (χ1n) is 8.56. The SMILES string of the molecule is COC(=O)CCN(CC(C)C)C(=O)Cn1c(SC(F)F)nc2ccccc21. The molecule has 1 amide bonds. The van der Waals surface area contributed by atoms with Gasteiger partial charge in [-0.1, -0.05) is 26.0 Å². The molecule has 2 aromatic rings. The lowest BCUT2D eigenvalue weighted by molar-refractivity contribution is -0.142. The Kier molecular flexibility index (Phi) is 7.58. The van der Waals surface area contributed by atoms with E-state index in [4.69, 9.17) is 0 Å². The molecule has 0 unspecified atom stereocenters. The maximum Gasteiger partial charge on any atom is 0.307 e. The number of hydrogen-bond acceptors (Lipinski definition) is 5. The lowest BCUT2D eigenvalue weighted by Crippen LogP contribution is -2.38. The predicted molar refractivity (Wildman–Crippen MR) is 99.6 cm³/mol. The Hall–Kier alpha value is -2.16. The maximum atomic E-state index is 12.9. The van der Waals surface area contributed by atoms with Crippen molar-refractivity contribution >= 4 is 34.7 Å². The number of alkyl halides is 2. The number of methoxy groups -OCH3 is 1. The summed E-state index contributed by atoms with van der Waals surface area (Å²) in [6.45, 7) is 4.48. The van der Waals surface area contributed by atoms with Crippen LogP contribution < -0.4 is 0 Å². The van der Waals surface area contributed by atoms with Crippen LogP contribution in [0.5, 0.6) is 0 Å². The van der Waals surface area contributed by atoms with Crippen LogP contribution in [-0.4, -0.2) is 52.3 Å². The van der Waals surface area contributed by atoms with Gasteiger partial charge in [0.25, 0.3) is 5.76 Å². The van der Waals surface area contributed by atoms with Crippen molar-refractivity contribution in [2.24, 2.45) is 5.92 Å². The number of halogens is 2. The molecule has 0 aliphatic rings. The summed E-state index contributed by atoms with van der Waals surface area (Å²) in [5.74, 6) is -3.10. The smallest absolute Gasteiger partial charge is 0.307 e. The summed E-state index contributed by atoms with van der Waals surface area (Å²) < 4.78 is 31.9. The molecule has 1 heterocycles. The van der Waals surface area contributed by atoms with Crippen LogP contribution in [0.15, 0.2) is 29.4 Å². The summed E-state index contributed by atoms with van der Waals surface area (Å²) in [6.07, 6.45) is 0.0816. The van der Waals surface area contributed by atoms with E-state index in [1.807, 2.05) is 13.8 Å². The monoisotopic (exact) mass is 399 g/mol. The minimum atomic E-state index is -2.64. The molecule has 1 aromatic carbocycles. The molecular weight excluding hydrogens is 376 g/mol. The maximum absolute atomic E-state index is 12.9. The third-order valence-electron chi connectivity index (χ3n) is 3.86. The average Bonchev–Trinajstić information content (AvgIpc) is 2.94. The number of benzene rings is 1. The highest BCUT2D eigenvalue weighted by Gasteiger charge is 2.21. The number of carbonyl (C=O) groups excluding carboxylic acids is 2. The van der Waals surface area contributed by atoms with Gasteiger partial charge in [0.15, 0.2) is 5.16 Å². The number of amides is 1. The normalized spacial score (nSPS) is 11.4. The van der Waals surface area contributed by atoms with E-state index in [9.17, 15) is 18.4 Å². The Labute approximate surface area is 160 Å². The molecule has 0 saturated heterocycles. The van der Waals surface area contributed by atoms with Gasteiger partial charge in [-0.05, 0) is 29.8 Å². The largest absolute Gasteiger partial charge is 0.469 e. The van der Waals surface area contributed by atoms with Crippen molar-refractivity contribution in [2.75, 3.05) is 20.2 Å². The van der Waals surface area contributed by atoms with E-state index < -0.39 is 11.7 Å². The first-order chi connectivity index (χ1) is 12.8. The van der Waals surface area contributed by atoms with Gasteiger partial charge in [0.2, 0.25) is 5.91 Å². The third kappa shape index (κ3) is 5.92. The number of para-hydroxylation sites is 2. The number of thioether (sulfide) groups is 1. The van der Waals surface area contributed by atoms with Crippen molar-refractivity contribution in [3.8, 4) is 0 Å². The average molecular weight is 399 g/mol. The molecule has 0 aliphatic heterocycles. The standard InChI is InChI=1S/C18H23F2N3O3S/c1-12(2)10-22(9-8-16(25)26-3)15(24)11-23-14-7-5-4-6-13(14)21-18(23)27-17(19)20/h4-7,12,17H,8-11H2,1-3H3. The highest BCUT2D eigenvalue weighted by Crippen LogP contribution is 2.28. The van der Waals surface area contributed by atoms with Gasteiger partial charge in [0, 0.05) is 13.1 Å². The molecule has 27 heavy (non-hydrogen) atoms. The van der Waals surface area contributed by atoms with Gasteiger partial charge in [-0.2, -0.15) is 8.78 Å². The zero-order valence-corrected chi connectivity index (χ0v) is 16.3. The fraction of sp³-hybridized carbons (Fsp3) is 0.500. The number of aromatic nitrogens is 2. The van der Waals surface area contributed by atoms with Gasteiger partial charge in [-0.15, -0.1) is 0 Å². The Morgan fingerprint density at radius 3 is 2.63 bits per heavy atom. The topological polar surface area (TPSA) is 64.4 Å². The van der Waals surface area contributed by atoms with Crippen molar-refractivity contribution in [2.45, 2.75) is 37.7 Å². The molecule has 2 rings (SSSR count). The molecule has 6 nitrogen and oxygen atoms in total. The quantitative estimate of drug-likeness (QED) is 0.478. The third-order valence-corrected chi connectivity index (χ3v) is 4.56. The first kappa shape index (κ1) is 21.1. The van der Waals surface area contributed by atoms with Crippen LogP contribution in [0.4, 0.5) is 8.78 Å². The number of fused-ring (bicyclic) bond motifs is 1. The number of esters is 1. The molecule has 0 aliphatic carbocycles.